The minimum Gasteiger partial charge on any atom is -0.328 e. The van der Waals surface area contributed by atoms with Crippen LogP contribution in [0.4, 0.5) is 14.5 Å². The number of anilines is 1. The lowest BCUT2D eigenvalue weighted by Gasteiger charge is -2.13. The molecule has 2 aromatic carbocycles. The van der Waals surface area contributed by atoms with E-state index in [4.69, 9.17) is 0 Å². The molecule has 0 bridgehead atoms. The lowest BCUT2D eigenvalue weighted by atomic mass is 10.1. The van der Waals surface area contributed by atoms with Gasteiger partial charge in [0.05, 0.1) is 11.4 Å². The van der Waals surface area contributed by atoms with Crippen molar-refractivity contribution in [3.63, 3.8) is 0 Å². The van der Waals surface area contributed by atoms with Crippen LogP contribution >= 0.6 is 11.8 Å². The summed E-state index contributed by atoms with van der Waals surface area (Å²) in [6, 6.07) is 15.3. The summed E-state index contributed by atoms with van der Waals surface area (Å²) in [7, 11) is 0. The Morgan fingerprint density at radius 1 is 1.14 bits per heavy atom. The van der Waals surface area contributed by atoms with Crippen LogP contribution in [0.2, 0.25) is 0 Å². The van der Waals surface area contributed by atoms with Crippen LogP contribution in [0.25, 0.3) is 28.2 Å². The summed E-state index contributed by atoms with van der Waals surface area (Å²) in [5.41, 5.74) is 3.53. The third kappa shape index (κ3) is 3.58. The number of rotatable bonds is 6. The highest BCUT2D eigenvalue weighted by atomic mass is 32.2. The van der Waals surface area contributed by atoms with Gasteiger partial charge in [0.2, 0.25) is 6.41 Å². The van der Waals surface area contributed by atoms with Crippen LogP contribution in [-0.4, -0.2) is 27.2 Å². The van der Waals surface area contributed by atoms with Crippen molar-refractivity contribution < 1.29 is 13.6 Å². The maximum absolute atomic E-state index is 12.9. The standard InChI is InChI=1S/C21H16F2N4OS/c1-29-18-11-15(8-9-16(18)25-12-28)27-20(26-17-3-2-10-24-21(17)27)14-6-4-13(5-7-14)19(22)23/h2-12,19H,1H3,(H,25,28). The fourth-order valence-electron chi connectivity index (χ4n) is 3.13. The zero-order valence-electron chi connectivity index (χ0n) is 15.3. The molecule has 0 aliphatic rings. The van der Waals surface area contributed by atoms with Crippen molar-refractivity contribution in [3.8, 4) is 17.1 Å². The van der Waals surface area contributed by atoms with E-state index >= 15 is 0 Å². The van der Waals surface area contributed by atoms with E-state index in [1.54, 1.807) is 24.4 Å². The molecule has 0 spiro atoms. The summed E-state index contributed by atoms with van der Waals surface area (Å²) in [6.45, 7) is 0. The molecule has 5 nitrogen and oxygen atoms in total. The van der Waals surface area contributed by atoms with Gasteiger partial charge in [-0.3, -0.25) is 9.36 Å². The van der Waals surface area contributed by atoms with Gasteiger partial charge in [-0.25, -0.2) is 18.7 Å². The highest BCUT2D eigenvalue weighted by molar-refractivity contribution is 7.98. The number of nitrogens with zero attached hydrogens (tertiary/aromatic N) is 3. The van der Waals surface area contributed by atoms with E-state index in [0.717, 1.165) is 10.6 Å². The molecule has 0 aliphatic heterocycles. The highest BCUT2D eigenvalue weighted by Gasteiger charge is 2.17. The molecule has 4 aromatic rings. The molecule has 2 heterocycles. The molecule has 0 fully saturated rings. The van der Waals surface area contributed by atoms with Crippen molar-refractivity contribution >= 4 is 35.0 Å². The van der Waals surface area contributed by atoms with E-state index in [1.165, 1.54) is 23.9 Å². The van der Waals surface area contributed by atoms with Gasteiger partial charge in [0.25, 0.3) is 6.43 Å². The van der Waals surface area contributed by atoms with E-state index in [2.05, 4.69) is 15.3 Å². The maximum Gasteiger partial charge on any atom is 0.263 e. The number of thioether (sulfide) groups is 1. The van der Waals surface area contributed by atoms with Gasteiger partial charge in [0.1, 0.15) is 11.3 Å². The second kappa shape index (κ2) is 8.00. The summed E-state index contributed by atoms with van der Waals surface area (Å²) < 4.78 is 27.8. The molecule has 0 unspecified atom stereocenters. The Morgan fingerprint density at radius 2 is 1.93 bits per heavy atom. The predicted octanol–water partition coefficient (Wildman–Crippen LogP) is 5.32. The van der Waals surface area contributed by atoms with Gasteiger partial charge in [0.15, 0.2) is 5.65 Å². The van der Waals surface area contributed by atoms with Crippen molar-refractivity contribution in [2.45, 2.75) is 11.3 Å². The number of hydrogen-bond acceptors (Lipinski definition) is 4. The van der Waals surface area contributed by atoms with Gasteiger partial charge in [-0.15, -0.1) is 11.8 Å². The van der Waals surface area contributed by atoms with Crippen LogP contribution in [-0.2, 0) is 4.79 Å². The fourth-order valence-corrected chi connectivity index (χ4v) is 3.72. The molecular weight excluding hydrogens is 394 g/mol. The summed E-state index contributed by atoms with van der Waals surface area (Å²) in [5.74, 6) is 0.600. The zero-order chi connectivity index (χ0) is 20.4. The van der Waals surface area contributed by atoms with Crippen LogP contribution < -0.4 is 5.32 Å². The molecule has 8 heteroatoms. The third-order valence-electron chi connectivity index (χ3n) is 4.49. The van der Waals surface area contributed by atoms with Crippen LogP contribution in [0.1, 0.15) is 12.0 Å². The summed E-state index contributed by atoms with van der Waals surface area (Å²) in [5, 5.41) is 2.69. The Balaban J connectivity index is 1.92. The van der Waals surface area contributed by atoms with E-state index in [9.17, 15) is 13.6 Å². The van der Waals surface area contributed by atoms with E-state index in [0.29, 0.717) is 34.6 Å². The molecule has 2 aromatic heterocycles. The number of imidazole rings is 1. The minimum atomic E-state index is -2.52. The first-order chi connectivity index (χ1) is 14.1. The average molecular weight is 410 g/mol. The third-order valence-corrected chi connectivity index (χ3v) is 5.27. The topological polar surface area (TPSA) is 59.8 Å². The number of benzene rings is 2. The number of carbonyl (C=O) groups is 1. The van der Waals surface area contributed by atoms with Crippen LogP contribution in [0.3, 0.4) is 0 Å². The highest BCUT2D eigenvalue weighted by Crippen LogP contribution is 2.33. The Morgan fingerprint density at radius 3 is 2.62 bits per heavy atom. The molecule has 29 heavy (non-hydrogen) atoms. The van der Waals surface area contributed by atoms with Gasteiger partial charge < -0.3 is 5.32 Å². The van der Waals surface area contributed by atoms with Gasteiger partial charge >= 0.3 is 0 Å². The molecular formula is C21H16F2N4OS. The molecule has 0 aliphatic carbocycles. The molecule has 0 radical (unpaired) electrons. The summed E-state index contributed by atoms with van der Waals surface area (Å²) >= 11 is 1.50. The molecule has 146 valence electrons. The van der Waals surface area contributed by atoms with Crippen molar-refractivity contribution in [1.82, 2.24) is 14.5 Å². The smallest absolute Gasteiger partial charge is 0.263 e. The number of halogens is 2. The van der Waals surface area contributed by atoms with Crippen LogP contribution in [0, 0.1) is 0 Å². The number of fused-ring (bicyclic) bond motifs is 1. The van der Waals surface area contributed by atoms with E-state index in [1.807, 2.05) is 35.1 Å². The molecule has 1 N–H and O–H groups in total. The number of pyridine rings is 1. The second-order valence-electron chi connectivity index (χ2n) is 6.19. The van der Waals surface area contributed by atoms with Crippen LogP contribution in [0.15, 0.2) is 65.7 Å². The predicted molar refractivity (Wildman–Crippen MR) is 111 cm³/mol. The Bertz CT molecular complexity index is 1180. The number of aromatic nitrogens is 3. The van der Waals surface area contributed by atoms with Gasteiger partial charge in [0, 0.05) is 22.2 Å². The maximum atomic E-state index is 12.9. The molecule has 0 saturated carbocycles. The zero-order valence-corrected chi connectivity index (χ0v) is 16.2. The Hall–Kier alpha value is -3.26. The average Bonchev–Trinajstić information content (AvgIpc) is 3.14. The lowest BCUT2D eigenvalue weighted by Crippen LogP contribution is -2.01. The fraction of sp³-hybridized carbons (Fsp3) is 0.0952. The van der Waals surface area contributed by atoms with Gasteiger partial charge in [-0.2, -0.15) is 0 Å². The molecule has 1 amide bonds. The SMILES string of the molecule is CSc1cc(-n2c(-c3ccc(C(F)F)cc3)nc3cccnc32)ccc1NC=O. The summed E-state index contributed by atoms with van der Waals surface area (Å²) in [6.07, 6.45) is 1.72. The van der Waals surface area contributed by atoms with Gasteiger partial charge in [-0.05, 0) is 36.6 Å². The Kier molecular flexibility index (Phi) is 5.26. The second-order valence-corrected chi connectivity index (χ2v) is 7.03. The van der Waals surface area contributed by atoms with Gasteiger partial charge in [-0.1, -0.05) is 24.3 Å². The monoisotopic (exact) mass is 410 g/mol. The van der Waals surface area contributed by atoms with E-state index < -0.39 is 6.43 Å². The number of nitrogens with one attached hydrogen (secondary N) is 1. The number of amides is 1. The molecule has 0 saturated heterocycles. The van der Waals surface area contributed by atoms with Crippen molar-refractivity contribution in [3.05, 3.63) is 66.4 Å². The lowest BCUT2D eigenvalue weighted by molar-refractivity contribution is -0.105. The largest absolute Gasteiger partial charge is 0.328 e. The first-order valence-corrected chi connectivity index (χ1v) is 9.95. The number of alkyl halides is 2. The van der Waals surface area contributed by atoms with E-state index in [-0.39, 0.29) is 5.56 Å². The summed E-state index contributed by atoms with van der Waals surface area (Å²) in [4.78, 5) is 20.9. The quantitative estimate of drug-likeness (QED) is 0.345. The Labute approximate surface area is 169 Å². The normalized spacial score (nSPS) is 11.2. The van der Waals surface area contributed by atoms with Crippen molar-refractivity contribution in [1.29, 1.82) is 0 Å². The number of carbonyl (C=O) groups excluding carboxylic acids is 1. The number of hydrogen-bond donors (Lipinski definition) is 1. The van der Waals surface area contributed by atoms with Crippen molar-refractivity contribution in [2.75, 3.05) is 11.6 Å². The first-order valence-electron chi connectivity index (χ1n) is 8.73. The molecule has 0 atom stereocenters. The van der Waals surface area contributed by atoms with Crippen molar-refractivity contribution in [2.24, 2.45) is 0 Å². The molecule has 4 rings (SSSR count). The van der Waals surface area contributed by atoms with Crippen LogP contribution in [0.5, 0.6) is 0 Å². The first kappa shape index (κ1) is 19.1. The minimum absolute atomic E-state index is 0.0384.